The highest BCUT2D eigenvalue weighted by molar-refractivity contribution is 8.00. The first-order chi connectivity index (χ1) is 13.3. The highest BCUT2D eigenvalue weighted by atomic mass is 32.2. The van der Waals surface area contributed by atoms with Crippen LogP contribution in [0, 0.1) is 0 Å². The molecule has 0 aliphatic carbocycles. The summed E-state index contributed by atoms with van der Waals surface area (Å²) in [5.74, 6) is 1.49. The predicted octanol–water partition coefficient (Wildman–Crippen LogP) is 4.90. The van der Waals surface area contributed by atoms with Gasteiger partial charge in [0.15, 0.2) is 10.1 Å². The molecule has 0 spiro atoms. The van der Waals surface area contributed by atoms with Crippen LogP contribution in [0.1, 0.15) is 5.56 Å². The molecule has 0 aliphatic rings. The van der Waals surface area contributed by atoms with E-state index in [0.29, 0.717) is 12.4 Å². The number of benzene rings is 1. The second kappa shape index (κ2) is 6.71. The zero-order valence-corrected chi connectivity index (χ0v) is 16.0. The Kier molecular flexibility index (Phi) is 4.06. The number of fused-ring (bicyclic) bond motifs is 2. The first-order valence-corrected chi connectivity index (χ1v) is 10.3. The van der Waals surface area contributed by atoms with E-state index in [1.807, 2.05) is 47.2 Å². The van der Waals surface area contributed by atoms with E-state index in [4.69, 9.17) is 9.15 Å². The van der Waals surface area contributed by atoms with Crippen LogP contribution in [0.15, 0.2) is 63.7 Å². The van der Waals surface area contributed by atoms with Crippen molar-refractivity contribution in [3.8, 4) is 17.2 Å². The van der Waals surface area contributed by atoms with Crippen molar-refractivity contribution >= 4 is 39.0 Å². The Morgan fingerprint density at radius 2 is 2.19 bits per heavy atom. The molecule has 6 nitrogen and oxygen atoms in total. The maximum absolute atomic E-state index is 6.06. The fourth-order valence-electron chi connectivity index (χ4n) is 2.86. The minimum Gasteiger partial charge on any atom is -0.488 e. The average molecular weight is 394 g/mol. The van der Waals surface area contributed by atoms with Crippen LogP contribution in [0.4, 0.5) is 0 Å². The van der Waals surface area contributed by atoms with Gasteiger partial charge in [-0.3, -0.25) is 4.98 Å². The molecule has 5 aromatic rings. The lowest BCUT2D eigenvalue weighted by atomic mass is 10.2. The van der Waals surface area contributed by atoms with E-state index >= 15 is 0 Å². The largest absolute Gasteiger partial charge is 0.488 e. The number of ether oxygens (including phenoxy) is 1. The maximum Gasteiger partial charge on any atom is 0.213 e. The van der Waals surface area contributed by atoms with Gasteiger partial charge in [-0.05, 0) is 30.5 Å². The summed E-state index contributed by atoms with van der Waals surface area (Å²) in [6.07, 6.45) is 7.34. The van der Waals surface area contributed by atoms with Crippen molar-refractivity contribution in [1.29, 1.82) is 0 Å². The van der Waals surface area contributed by atoms with Crippen LogP contribution in [-0.4, -0.2) is 25.8 Å². The summed E-state index contributed by atoms with van der Waals surface area (Å²) in [6.45, 7) is 0.452. The third-order valence-electron chi connectivity index (χ3n) is 4.13. The van der Waals surface area contributed by atoms with Gasteiger partial charge in [0, 0.05) is 18.0 Å². The Labute approximate surface area is 162 Å². The fourth-order valence-corrected chi connectivity index (χ4v) is 4.19. The zero-order valence-electron chi connectivity index (χ0n) is 14.3. The lowest BCUT2D eigenvalue weighted by Crippen LogP contribution is -1.95. The molecular formula is C19H14N4O2S2. The molecule has 0 unspecified atom stereocenters. The lowest BCUT2D eigenvalue weighted by Gasteiger charge is -2.06. The topological polar surface area (TPSA) is 65.5 Å². The summed E-state index contributed by atoms with van der Waals surface area (Å²) in [4.78, 5) is 9.41. The van der Waals surface area contributed by atoms with Gasteiger partial charge in [-0.2, -0.15) is 4.52 Å². The monoisotopic (exact) mass is 394 g/mol. The molecule has 5 rings (SSSR count). The van der Waals surface area contributed by atoms with Gasteiger partial charge < -0.3 is 9.15 Å². The van der Waals surface area contributed by atoms with E-state index in [0.717, 1.165) is 37.3 Å². The second-order valence-electron chi connectivity index (χ2n) is 5.84. The number of nitrogens with zero attached hydrogens (tertiary/aromatic N) is 4. The Morgan fingerprint density at radius 3 is 3.04 bits per heavy atom. The lowest BCUT2D eigenvalue weighted by molar-refractivity contribution is 0.309. The van der Waals surface area contributed by atoms with Gasteiger partial charge in [-0.25, -0.2) is 4.98 Å². The van der Waals surface area contributed by atoms with Crippen molar-refractivity contribution < 1.29 is 9.15 Å². The van der Waals surface area contributed by atoms with E-state index in [9.17, 15) is 0 Å². The van der Waals surface area contributed by atoms with E-state index < -0.39 is 0 Å². The summed E-state index contributed by atoms with van der Waals surface area (Å²) in [5.41, 5.74) is 2.61. The molecule has 0 radical (unpaired) electrons. The van der Waals surface area contributed by atoms with Gasteiger partial charge in [0.1, 0.15) is 23.6 Å². The average Bonchev–Trinajstić information content (AvgIpc) is 3.40. The number of aromatic nitrogens is 4. The molecule has 0 amide bonds. The van der Waals surface area contributed by atoms with Crippen molar-refractivity contribution in [3.05, 3.63) is 60.6 Å². The van der Waals surface area contributed by atoms with Gasteiger partial charge in [0.25, 0.3) is 0 Å². The van der Waals surface area contributed by atoms with Crippen LogP contribution in [0.25, 0.3) is 27.4 Å². The van der Waals surface area contributed by atoms with Crippen molar-refractivity contribution in [1.82, 2.24) is 19.6 Å². The molecule has 4 aromatic heterocycles. The number of furan rings is 1. The van der Waals surface area contributed by atoms with Crippen molar-refractivity contribution in [2.75, 3.05) is 6.26 Å². The number of thioether (sulfide) groups is 1. The number of imidazole rings is 1. The van der Waals surface area contributed by atoms with Crippen molar-refractivity contribution in [2.24, 2.45) is 0 Å². The van der Waals surface area contributed by atoms with Crippen molar-refractivity contribution in [2.45, 2.75) is 10.9 Å². The molecule has 0 aliphatic heterocycles. The van der Waals surface area contributed by atoms with E-state index in [1.54, 1.807) is 41.7 Å². The van der Waals surface area contributed by atoms with Crippen LogP contribution in [0.3, 0.4) is 0 Å². The SMILES string of the molecule is CSc1nn2c(-c3cc4c(OCc5cccnc5)cccc4o3)cnc2s1. The molecule has 4 heterocycles. The number of hydrogen-bond acceptors (Lipinski definition) is 7. The Balaban J connectivity index is 1.52. The minimum atomic E-state index is 0.452. The minimum absolute atomic E-state index is 0.452. The molecule has 1 aromatic carbocycles. The summed E-state index contributed by atoms with van der Waals surface area (Å²) in [7, 11) is 0. The third kappa shape index (κ3) is 2.96. The van der Waals surface area contributed by atoms with Crippen LogP contribution in [0.5, 0.6) is 5.75 Å². The molecule has 0 fully saturated rings. The molecule has 0 N–H and O–H groups in total. The van der Waals surface area contributed by atoms with E-state index in [1.165, 1.54) is 0 Å². The summed E-state index contributed by atoms with van der Waals surface area (Å²) < 4.78 is 14.9. The van der Waals surface area contributed by atoms with Gasteiger partial charge in [-0.15, -0.1) is 5.10 Å². The summed E-state index contributed by atoms with van der Waals surface area (Å²) in [6, 6.07) is 11.7. The van der Waals surface area contributed by atoms with E-state index in [2.05, 4.69) is 15.1 Å². The second-order valence-corrected chi connectivity index (χ2v) is 7.85. The first-order valence-electron chi connectivity index (χ1n) is 8.25. The fraction of sp³-hybridized carbons (Fsp3) is 0.105. The highest BCUT2D eigenvalue weighted by Gasteiger charge is 2.16. The normalized spacial score (nSPS) is 11.4. The Morgan fingerprint density at radius 1 is 1.22 bits per heavy atom. The van der Waals surface area contributed by atoms with Gasteiger partial charge in [0.2, 0.25) is 4.96 Å². The molecule has 0 bridgehead atoms. The molecule has 0 atom stereocenters. The maximum atomic E-state index is 6.06. The zero-order chi connectivity index (χ0) is 18.2. The summed E-state index contributed by atoms with van der Waals surface area (Å²) in [5, 5.41) is 5.50. The van der Waals surface area contributed by atoms with Gasteiger partial charge >= 0.3 is 0 Å². The first kappa shape index (κ1) is 16.3. The van der Waals surface area contributed by atoms with Gasteiger partial charge in [-0.1, -0.05) is 35.2 Å². The third-order valence-corrected chi connectivity index (χ3v) is 6.03. The molecule has 0 saturated heterocycles. The van der Waals surface area contributed by atoms with Crippen LogP contribution in [-0.2, 0) is 6.61 Å². The predicted molar refractivity (Wildman–Crippen MR) is 106 cm³/mol. The summed E-state index contributed by atoms with van der Waals surface area (Å²) >= 11 is 3.17. The van der Waals surface area contributed by atoms with Crippen LogP contribution < -0.4 is 4.74 Å². The standard InChI is InChI=1S/C19H14N4O2S2/c1-26-19-22-23-14(10-21-18(23)27-19)17-8-13-15(5-2-6-16(13)25-17)24-11-12-4-3-7-20-9-12/h2-10H,11H2,1H3. The smallest absolute Gasteiger partial charge is 0.213 e. The molecule has 27 heavy (non-hydrogen) atoms. The molecule has 0 saturated carbocycles. The number of pyridine rings is 1. The highest BCUT2D eigenvalue weighted by Crippen LogP contribution is 2.35. The van der Waals surface area contributed by atoms with Crippen LogP contribution in [0.2, 0.25) is 0 Å². The van der Waals surface area contributed by atoms with Crippen LogP contribution >= 0.6 is 23.1 Å². The Bertz CT molecular complexity index is 1230. The van der Waals surface area contributed by atoms with Crippen molar-refractivity contribution in [3.63, 3.8) is 0 Å². The molecular weight excluding hydrogens is 380 g/mol. The van der Waals surface area contributed by atoms with E-state index in [-0.39, 0.29) is 0 Å². The quantitative estimate of drug-likeness (QED) is 0.395. The van der Waals surface area contributed by atoms with Gasteiger partial charge in [0.05, 0.1) is 11.6 Å². The Hall–Kier alpha value is -2.84. The number of hydrogen-bond donors (Lipinski definition) is 0. The molecule has 134 valence electrons. The molecule has 8 heteroatoms. The number of rotatable bonds is 5.